The quantitative estimate of drug-likeness (QED) is 0.393. The Balaban J connectivity index is 1.63. The minimum atomic E-state index is -0.306. The lowest BCUT2D eigenvalue weighted by Gasteiger charge is -2.10. The van der Waals surface area contributed by atoms with Crippen molar-refractivity contribution >= 4 is 40.7 Å². The number of hydrogen-bond acceptors (Lipinski definition) is 5. The van der Waals surface area contributed by atoms with E-state index in [1.165, 1.54) is 11.8 Å². The fourth-order valence-electron chi connectivity index (χ4n) is 2.31. The molecular weight excluding hydrogens is 405 g/mol. The number of thioether (sulfide) groups is 1. The number of ether oxygens (including phenoxy) is 1. The number of aromatic nitrogens is 3. The second kappa shape index (κ2) is 8.78. The maximum atomic E-state index is 12.6. The lowest BCUT2D eigenvalue weighted by Crippen LogP contribution is -2.14. The zero-order valence-corrected chi connectivity index (χ0v) is 17.1. The van der Waals surface area contributed by atoms with Gasteiger partial charge in [0, 0.05) is 22.7 Å². The highest BCUT2D eigenvalue weighted by Crippen LogP contribution is 2.25. The molecule has 2 aromatic carbocycles. The molecule has 0 bridgehead atoms. The van der Waals surface area contributed by atoms with E-state index in [-0.39, 0.29) is 17.6 Å². The smallest absolute Gasteiger partial charge is 0.191 e. The van der Waals surface area contributed by atoms with E-state index in [2.05, 4.69) is 10.2 Å². The summed E-state index contributed by atoms with van der Waals surface area (Å²) in [4.78, 5) is 12.6. The number of benzene rings is 2. The van der Waals surface area contributed by atoms with Crippen molar-refractivity contribution in [2.45, 2.75) is 23.9 Å². The molecule has 0 N–H and O–H groups in total. The minimum Gasteiger partial charge on any atom is -0.486 e. The molecule has 1 heterocycles. The molecule has 140 valence electrons. The maximum Gasteiger partial charge on any atom is 0.191 e. The summed E-state index contributed by atoms with van der Waals surface area (Å²) < 4.78 is 7.53. The number of halogens is 2. The van der Waals surface area contributed by atoms with E-state index in [1.807, 2.05) is 18.5 Å². The van der Waals surface area contributed by atoms with Gasteiger partial charge in [-0.15, -0.1) is 10.2 Å². The molecule has 0 radical (unpaired) electrons. The van der Waals surface area contributed by atoms with E-state index in [4.69, 9.17) is 27.9 Å². The zero-order chi connectivity index (χ0) is 19.4. The van der Waals surface area contributed by atoms with Crippen LogP contribution in [0, 0.1) is 0 Å². The Kier molecular flexibility index (Phi) is 6.42. The molecule has 0 aliphatic heterocycles. The zero-order valence-electron chi connectivity index (χ0n) is 14.7. The molecule has 3 aromatic rings. The molecule has 1 atom stereocenters. The summed E-state index contributed by atoms with van der Waals surface area (Å²) in [5.41, 5.74) is 0.618. The first-order chi connectivity index (χ1) is 12.9. The predicted molar refractivity (Wildman–Crippen MR) is 108 cm³/mol. The maximum absolute atomic E-state index is 12.6. The van der Waals surface area contributed by atoms with Crippen LogP contribution in [0.15, 0.2) is 53.7 Å². The van der Waals surface area contributed by atoms with Crippen LogP contribution in [0.2, 0.25) is 10.0 Å². The van der Waals surface area contributed by atoms with Gasteiger partial charge in [0.25, 0.3) is 0 Å². The van der Waals surface area contributed by atoms with Gasteiger partial charge >= 0.3 is 0 Å². The minimum absolute atomic E-state index is 0.0126. The molecule has 27 heavy (non-hydrogen) atoms. The first kappa shape index (κ1) is 19.7. The number of carbonyl (C=O) groups excluding carboxylic acids is 1. The average molecular weight is 422 g/mol. The summed E-state index contributed by atoms with van der Waals surface area (Å²) in [6, 6.07) is 14.0. The van der Waals surface area contributed by atoms with E-state index in [1.54, 1.807) is 48.5 Å². The summed E-state index contributed by atoms with van der Waals surface area (Å²) in [6.07, 6.45) is 0. The summed E-state index contributed by atoms with van der Waals surface area (Å²) in [5, 5.41) is 9.93. The molecule has 0 aliphatic carbocycles. The third-order valence-electron chi connectivity index (χ3n) is 3.89. The van der Waals surface area contributed by atoms with Crippen LogP contribution >= 0.6 is 35.0 Å². The van der Waals surface area contributed by atoms with E-state index < -0.39 is 0 Å². The molecular formula is C19H17Cl2N3O2S. The largest absolute Gasteiger partial charge is 0.486 e. The first-order valence-corrected chi connectivity index (χ1v) is 9.80. The number of ketones is 1. The monoisotopic (exact) mass is 421 g/mol. The molecule has 1 aromatic heterocycles. The van der Waals surface area contributed by atoms with Gasteiger partial charge in [-0.2, -0.15) is 0 Å². The first-order valence-electron chi connectivity index (χ1n) is 8.17. The summed E-state index contributed by atoms with van der Waals surface area (Å²) in [7, 11) is 1.85. The number of Topliss-reactive ketones (excluding diaryl/α,β-unsaturated/α-hetero) is 1. The van der Waals surface area contributed by atoms with Crippen molar-refractivity contribution < 1.29 is 9.53 Å². The van der Waals surface area contributed by atoms with Crippen molar-refractivity contribution in [2.24, 2.45) is 7.05 Å². The fraction of sp³-hybridized carbons (Fsp3) is 0.211. The van der Waals surface area contributed by atoms with Gasteiger partial charge in [-0.25, -0.2) is 0 Å². The average Bonchev–Trinajstić information content (AvgIpc) is 3.01. The van der Waals surface area contributed by atoms with Gasteiger partial charge in [0.1, 0.15) is 12.4 Å². The Morgan fingerprint density at radius 2 is 1.67 bits per heavy atom. The van der Waals surface area contributed by atoms with Crippen molar-refractivity contribution in [3.63, 3.8) is 0 Å². The molecule has 0 unspecified atom stereocenters. The second-order valence-electron chi connectivity index (χ2n) is 5.83. The summed E-state index contributed by atoms with van der Waals surface area (Å²) in [5.74, 6) is 1.38. The van der Waals surface area contributed by atoms with Crippen LogP contribution < -0.4 is 4.74 Å². The highest BCUT2D eigenvalue weighted by atomic mass is 35.5. The van der Waals surface area contributed by atoms with Crippen LogP contribution in [-0.2, 0) is 13.7 Å². The fourth-order valence-corrected chi connectivity index (χ4v) is 3.48. The van der Waals surface area contributed by atoms with Crippen LogP contribution in [0.4, 0.5) is 0 Å². The van der Waals surface area contributed by atoms with Crippen LogP contribution in [0.1, 0.15) is 23.1 Å². The van der Waals surface area contributed by atoms with E-state index in [9.17, 15) is 4.79 Å². The van der Waals surface area contributed by atoms with Gasteiger partial charge in [-0.1, -0.05) is 35.0 Å². The molecule has 3 rings (SSSR count). The van der Waals surface area contributed by atoms with E-state index in [0.29, 0.717) is 32.3 Å². The highest BCUT2D eigenvalue weighted by Gasteiger charge is 2.20. The van der Waals surface area contributed by atoms with Gasteiger partial charge in [0.05, 0.1) is 5.25 Å². The van der Waals surface area contributed by atoms with Crippen molar-refractivity contribution in [1.29, 1.82) is 0 Å². The second-order valence-corrected chi connectivity index (χ2v) is 8.01. The predicted octanol–water partition coefficient (Wildman–Crippen LogP) is 5.06. The number of hydrogen-bond donors (Lipinski definition) is 0. The van der Waals surface area contributed by atoms with Crippen LogP contribution in [0.5, 0.6) is 5.75 Å². The number of carbonyl (C=O) groups is 1. The Morgan fingerprint density at radius 3 is 2.30 bits per heavy atom. The van der Waals surface area contributed by atoms with Gasteiger partial charge < -0.3 is 9.30 Å². The lowest BCUT2D eigenvalue weighted by molar-refractivity contribution is 0.0994. The van der Waals surface area contributed by atoms with Gasteiger partial charge in [0.15, 0.2) is 16.8 Å². The summed E-state index contributed by atoms with van der Waals surface area (Å²) >= 11 is 13.1. The molecule has 0 aliphatic rings. The van der Waals surface area contributed by atoms with E-state index >= 15 is 0 Å². The number of nitrogens with zero attached hydrogens (tertiary/aromatic N) is 3. The van der Waals surface area contributed by atoms with Crippen molar-refractivity contribution in [1.82, 2.24) is 14.8 Å². The van der Waals surface area contributed by atoms with Gasteiger partial charge in [-0.3, -0.25) is 4.79 Å². The van der Waals surface area contributed by atoms with Crippen LogP contribution in [-0.4, -0.2) is 25.8 Å². The molecule has 0 saturated heterocycles. The van der Waals surface area contributed by atoms with Crippen LogP contribution in [0.3, 0.4) is 0 Å². The Hall–Kier alpha value is -2.02. The molecule has 0 fully saturated rings. The van der Waals surface area contributed by atoms with Crippen molar-refractivity contribution in [3.05, 3.63) is 70.0 Å². The highest BCUT2D eigenvalue weighted by molar-refractivity contribution is 8.00. The Morgan fingerprint density at radius 1 is 1.07 bits per heavy atom. The third kappa shape index (κ3) is 5.03. The van der Waals surface area contributed by atoms with Gasteiger partial charge in [0.2, 0.25) is 0 Å². The van der Waals surface area contributed by atoms with Crippen LogP contribution in [0.25, 0.3) is 0 Å². The molecule has 0 amide bonds. The molecule has 0 saturated carbocycles. The standard InChI is InChI=1S/C19H17Cl2N3O2S/c1-12(18(25)13-3-5-14(20)6-4-13)27-19-23-22-17(24(19)2)11-26-16-9-7-15(21)8-10-16/h3-10,12H,11H2,1-2H3/t12-/m1/s1. The SMILES string of the molecule is C[C@@H](Sc1nnc(COc2ccc(Cl)cc2)n1C)C(=O)c1ccc(Cl)cc1. The van der Waals surface area contributed by atoms with E-state index in [0.717, 1.165) is 0 Å². The topological polar surface area (TPSA) is 57.0 Å². The molecule has 8 heteroatoms. The lowest BCUT2D eigenvalue weighted by atomic mass is 10.1. The van der Waals surface area contributed by atoms with Crippen molar-refractivity contribution in [3.8, 4) is 5.75 Å². The molecule has 0 spiro atoms. The number of rotatable bonds is 7. The van der Waals surface area contributed by atoms with Gasteiger partial charge in [-0.05, 0) is 55.5 Å². The van der Waals surface area contributed by atoms with Crippen molar-refractivity contribution in [2.75, 3.05) is 0 Å². The summed E-state index contributed by atoms with van der Waals surface area (Å²) in [6.45, 7) is 2.12. The Bertz CT molecular complexity index is 927. The Labute approximate surface area is 171 Å². The third-order valence-corrected chi connectivity index (χ3v) is 5.52. The molecule has 5 nitrogen and oxygen atoms in total. The normalized spacial score (nSPS) is 12.0.